The lowest BCUT2D eigenvalue weighted by molar-refractivity contribution is -0.385. The number of hydrogen-bond donors (Lipinski definition) is 1. The van der Waals surface area contributed by atoms with Crippen molar-refractivity contribution in [3.63, 3.8) is 0 Å². The Bertz CT molecular complexity index is 1150. The van der Waals surface area contributed by atoms with Crippen molar-refractivity contribution in [2.24, 2.45) is 5.10 Å². The molecule has 4 rings (SSSR count). The number of hydrogen-bond acceptors (Lipinski definition) is 5. The average Bonchev–Trinajstić information content (AvgIpc) is 2.67. The van der Waals surface area contributed by atoms with Crippen LogP contribution in [-0.2, 0) is 0 Å². The first-order valence-corrected chi connectivity index (χ1v) is 8.52. The van der Waals surface area contributed by atoms with Crippen LogP contribution in [-0.4, -0.2) is 16.1 Å². The first kappa shape index (κ1) is 16.9. The van der Waals surface area contributed by atoms with Crippen LogP contribution in [0.15, 0.2) is 71.8 Å². The van der Waals surface area contributed by atoms with E-state index in [0.717, 1.165) is 27.5 Å². The second-order valence-corrected chi connectivity index (χ2v) is 6.29. The molecule has 1 heterocycles. The lowest BCUT2D eigenvalue weighted by atomic mass is 10.1. The van der Waals surface area contributed by atoms with E-state index in [1.807, 2.05) is 48.5 Å². The number of nitrogens with zero attached hydrogens (tertiary/aromatic N) is 3. The van der Waals surface area contributed by atoms with E-state index in [1.54, 1.807) is 0 Å². The Morgan fingerprint density at radius 2 is 1.63 bits per heavy atom. The summed E-state index contributed by atoms with van der Waals surface area (Å²) in [5, 5.41) is 17.6. The van der Waals surface area contributed by atoms with Crippen molar-refractivity contribution in [3.8, 4) is 0 Å². The van der Waals surface area contributed by atoms with Crippen LogP contribution in [0.25, 0.3) is 21.8 Å². The molecule has 3 aromatic carbocycles. The van der Waals surface area contributed by atoms with E-state index in [9.17, 15) is 10.1 Å². The van der Waals surface area contributed by atoms with E-state index in [4.69, 9.17) is 11.6 Å². The number of pyridine rings is 1. The highest BCUT2D eigenvalue weighted by Crippen LogP contribution is 2.30. The summed E-state index contributed by atoms with van der Waals surface area (Å²) in [6.07, 6.45) is 1.40. The van der Waals surface area contributed by atoms with Crippen LogP contribution in [0.4, 0.5) is 11.4 Å². The summed E-state index contributed by atoms with van der Waals surface area (Å²) in [7, 11) is 0. The highest BCUT2D eigenvalue weighted by molar-refractivity contribution is 6.31. The first-order valence-electron chi connectivity index (χ1n) is 8.14. The van der Waals surface area contributed by atoms with Gasteiger partial charge in [-0.2, -0.15) is 5.10 Å². The van der Waals surface area contributed by atoms with Gasteiger partial charge in [0.15, 0.2) is 0 Å². The summed E-state index contributed by atoms with van der Waals surface area (Å²) in [4.78, 5) is 15.4. The van der Waals surface area contributed by atoms with Gasteiger partial charge in [0.25, 0.3) is 5.69 Å². The Hall–Kier alpha value is -3.51. The summed E-state index contributed by atoms with van der Waals surface area (Å²) in [6, 6.07) is 19.8. The molecule has 1 N–H and O–H groups in total. The van der Waals surface area contributed by atoms with E-state index in [0.29, 0.717) is 10.6 Å². The molecule has 0 spiro atoms. The first-order chi connectivity index (χ1) is 13.1. The van der Waals surface area contributed by atoms with Crippen molar-refractivity contribution in [2.45, 2.75) is 0 Å². The maximum Gasteiger partial charge on any atom is 0.278 e. The number of nitro benzene ring substituents is 1. The van der Waals surface area contributed by atoms with Gasteiger partial charge in [-0.25, -0.2) is 4.98 Å². The quantitative estimate of drug-likeness (QED) is 0.224. The topological polar surface area (TPSA) is 80.4 Å². The number of nitro groups is 1. The molecule has 0 saturated carbocycles. The molecule has 0 atom stereocenters. The summed E-state index contributed by atoms with van der Waals surface area (Å²) >= 11 is 5.96. The second kappa shape index (κ2) is 7.01. The van der Waals surface area contributed by atoms with Gasteiger partial charge in [-0.05, 0) is 24.3 Å². The number of halogens is 1. The molecule has 0 aliphatic heterocycles. The zero-order chi connectivity index (χ0) is 18.8. The van der Waals surface area contributed by atoms with E-state index in [1.165, 1.54) is 24.4 Å². The van der Waals surface area contributed by atoms with Crippen LogP contribution in [0.5, 0.6) is 0 Å². The van der Waals surface area contributed by atoms with Crippen LogP contribution in [0.3, 0.4) is 0 Å². The average molecular weight is 377 g/mol. The SMILES string of the molecule is O=[N+]([O-])c1ccc(Cl)cc1/C=N/Nc1c2ccccc2nc2ccccc12. The highest BCUT2D eigenvalue weighted by Gasteiger charge is 2.12. The van der Waals surface area contributed by atoms with Gasteiger partial charge in [0, 0.05) is 21.9 Å². The number of nitrogens with one attached hydrogen (secondary N) is 1. The van der Waals surface area contributed by atoms with Crippen molar-refractivity contribution in [3.05, 3.63) is 87.4 Å². The number of hydrazone groups is 1. The number of fused-ring (bicyclic) bond motifs is 2. The molecule has 0 aliphatic rings. The standard InChI is InChI=1S/C20H13ClN4O2/c21-14-9-10-19(25(26)27)13(11-14)12-22-24-20-15-5-1-3-7-17(15)23-18-8-4-2-6-16(18)20/h1-12H,(H,23,24)/b22-12+. The molecule has 27 heavy (non-hydrogen) atoms. The molecule has 0 amide bonds. The molecule has 4 aromatic rings. The van der Waals surface area contributed by atoms with E-state index >= 15 is 0 Å². The van der Waals surface area contributed by atoms with Gasteiger partial charge >= 0.3 is 0 Å². The van der Waals surface area contributed by atoms with Gasteiger partial charge in [-0.15, -0.1) is 0 Å². The fourth-order valence-electron chi connectivity index (χ4n) is 2.92. The van der Waals surface area contributed by atoms with Gasteiger partial charge in [0.2, 0.25) is 0 Å². The Morgan fingerprint density at radius 1 is 1.00 bits per heavy atom. The molecule has 132 valence electrons. The third-order valence-electron chi connectivity index (χ3n) is 4.15. The normalized spacial score (nSPS) is 11.3. The summed E-state index contributed by atoms with van der Waals surface area (Å²) in [5.41, 5.74) is 5.75. The largest absolute Gasteiger partial charge is 0.278 e. The molecule has 0 aliphatic carbocycles. The molecule has 0 fully saturated rings. The molecule has 7 heteroatoms. The lowest BCUT2D eigenvalue weighted by Crippen LogP contribution is -1.98. The fraction of sp³-hybridized carbons (Fsp3) is 0. The zero-order valence-corrected chi connectivity index (χ0v) is 14.7. The molecule has 0 saturated heterocycles. The van der Waals surface area contributed by atoms with Gasteiger partial charge in [-0.1, -0.05) is 48.0 Å². The third kappa shape index (κ3) is 3.30. The second-order valence-electron chi connectivity index (χ2n) is 5.85. The van der Waals surface area contributed by atoms with Crippen molar-refractivity contribution in [1.29, 1.82) is 0 Å². The summed E-state index contributed by atoms with van der Waals surface area (Å²) < 4.78 is 0. The van der Waals surface area contributed by atoms with Crippen LogP contribution in [0, 0.1) is 10.1 Å². The van der Waals surface area contributed by atoms with E-state index in [2.05, 4.69) is 15.5 Å². The molecule has 0 bridgehead atoms. The minimum absolute atomic E-state index is 0.0607. The van der Waals surface area contributed by atoms with Crippen LogP contribution < -0.4 is 5.43 Å². The molecular weight excluding hydrogens is 364 g/mol. The van der Waals surface area contributed by atoms with Crippen molar-refractivity contribution in [1.82, 2.24) is 4.98 Å². The van der Waals surface area contributed by atoms with Crippen molar-refractivity contribution >= 4 is 51.0 Å². The number of benzene rings is 3. The Kier molecular flexibility index (Phi) is 4.40. The third-order valence-corrected chi connectivity index (χ3v) is 4.39. The molecule has 6 nitrogen and oxygen atoms in total. The Labute approximate surface area is 159 Å². The Morgan fingerprint density at radius 3 is 2.26 bits per heavy atom. The number of aromatic nitrogens is 1. The summed E-state index contributed by atoms with van der Waals surface area (Å²) in [6.45, 7) is 0. The van der Waals surface area contributed by atoms with Gasteiger partial charge in [0.05, 0.1) is 33.4 Å². The maximum atomic E-state index is 11.2. The number of para-hydroxylation sites is 2. The molecule has 0 unspecified atom stereocenters. The van der Waals surface area contributed by atoms with Crippen molar-refractivity contribution < 1.29 is 4.92 Å². The maximum absolute atomic E-state index is 11.2. The van der Waals surface area contributed by atoms with Crippen molar-refractivity contribution in [2.75, 3.05) is 5.43 Å². The zero-order valence-electron chi connectivity index (χ0n) is 14.0. The van der Waals surface area contributed by atoms with E-state index < -0.39 is 4.92 Å². The van der Waals surface area contributed by atoms with Gasteiger partial charge < -0.3 is 0 Å². The van der Waals surface area contributed by atoms with Gasteiger partial charge in [0.1, 0.15) is 0 Å². The predicted octanol–water partition coefficient (Wildman–Crippen LogP) is 5.40. The monoisotopic (exact) mass is 376 g/mol. The number of rotatable bonds is 4. The molecule has 0 radical (unpaired) electrons. The summed E-state index contributed by atoms with van der Waals surface area (Å²) in [5.74, 6) is 0. The lowest BCUT2D eigenvalue weighted by Gasteiger charge is -2.09. The minimum Gasteiger partial charge on any atom is -0.277 e. The predicted molar refractivity (Wildman–Crippen MR) is 109 cm³/mol. The Balaban J connectivity index is 1.79. The fourth-order valence-corrected chi connectivity index (χ4v) is 3.10. The minimum atomic E-state index is -0.463. The highest BCUT2D eigenvalue weighted by atomic mass is 35.5. The number of anilines is 1. The van der Waals surface area contributed by atoms with Gasteiger partial charge in [-0.3, -0.25) is 15.5 Å². The molecule has 1 aromatic heterocycles. The van der Waals surface area contributed by atoms with E-state index in [-0.39, 0.29) is 5.69 Å². The smallest absolute Gasteiger partial charge is 0.277 e. The van der Waals surface area contributed by atoms with Crippen LogP contribution in [0.1, 0.15) is 5.56 Å². The van der Waals surface area contributed by atoms with Crippen LogP contribution >= 0.6 is 11.6 Å². The van der Waals surface area contributed by atoms with Crippen LogP contribution in [0.2, 0.25) is 5.02 Å². The molecular formula is C20H13ClN4O2.